The van der Waals surface area contributed by atoms with Crippen LogP contribution in [0.5, 0.6) is 0 Å². The molecular weight excluding hydrogens is 182 g/mol. The van der Waals surface area contributed by atoms with Gasteiger partial charge in [0.1, 0.15) is 0 Å². The first-order valence-electron chi connectivity index (χ1n) is 5.09. The second-order valence-electron chi connectivity index (χ2n) is 3.82. The number of nitrogens with two attached hydrogens (primary N) is 1. The monoisotopic (exact) mass is 201 g/mol. The molecule has 5 nitrogen and oxygen atoms in total. The van der Waals surface area contributed by atoms with Gasteiger partial charge < -0.3 is 5.11 Å². The molecule has 1 amide bonds. The average Bonchev–Trinajstić information content (AvgIpc) is 2.43. The fourth-order valence-electron chi connectivity index (χ4n) is 1.81. The standard InChI is InChI=1S/C9H19N3O2/c10-11-9(14)6-12-4-1-2-8(7-13)3-5-12/h8,13H,1-7,10H2,(H,11,14). The van der Waals surface area contributed by atoms with E-state index in [2.05, 4.69) is 10.3 Å². The number of carbonyl (C=O) groups is 1. The van der Waals surface area contributed by atoms with E-state index >= 15 is 0 Å². The lowest BCUT2D eigenvalue weighted by molar-refractivity contribution is -0.122. The molecule has 1 heterocycles. The van der Waals surface area contributed by atoms with Gasteiger partial charge in [0.05, 0.1) is 6.54 Å². The van der Waals surface area contributed by atoms with Gasteiger partial charge in [0, 0.05) is 6.61 Å². The highest BCUT2D eigenvalue weighted by Gasteiger charge is 2.17. The Balaban J connectivity index is 2.30. The number of rotatable bonds is 3. The molecule has 5 heteroatoms. The summed E-state index contributed by atoms with van der Waals surface area (Å²) in [4.78, 5) is 13.1. The van der Waals surface area contributed by atoms with Crippen molar-refractivity contribution in [1.29, 1.82) is 0 Å². The second kappa shape index (κ2) is 5.95. The van der Waals surface area contributed by atoms with Crippen LogP contribution in [0, 0.1) is 5.92 Å². The summed E-state index contributed by atoms with van der Waals surface area (Å²) in [6.45, 7) is 2.42. The number of hydrogen-bond acceptors (Lipinski definition) is 4. The quantitative estimate of drug-likeness (QED) is 0.313. The van der Waals surface area contributed by atoms with E-state index in [0.29, 0.717) is 12.5 Å². The Hall–Kier alpha value is -0.650. The van der Waals surface area contributed by atoms with Gasteiger partial charge in [-0.05, 0) is 38.3 Å². The minimum atomic E-state index is -0.146. The van der Waals surface area contributed by atoms with Crippen LogP contribution in [0.3, 0.4) is 0 Å². The number of amides is 1. The third kappa shape index (κ3) is 3.61. The van der Waals surface area contributed by atoms with Crippen molar-refractivity contribution in [2.45, 2.75) is 19.3 Å². The molecule has 0 radical (unpaired) electrons. The molecule has 0 aromatic rings. The molecule has 4 N–H and O–H groups in total. The van der Waals surface area contributed by atoms with Crippen LogP contribution in [0.1, 0.15) is 19.3 Å². The molecule has 0 aliphatic carbocycles. The Morgan fingerprint density at radius 1 is 1.50 bits per heavy atom. The topological polar surface area (TPSA) is 78.6 Å². The van der Waals surface area contributed by atoms with E-state index in [4.69, 9.17) is 10.9 Å². The zero-order valence-corrected chi connectivity index (χ0v) is 8.41. The van der Waals surface area contributed by atoms with Crippen molar-refractivity contribution >= 4 is 5.91 Å². The van der Waals surface area contributed by atoms with Gasteiger partial charge in [-0.3, -0.25) is 15.1 Å². The zero-order valence-electron chi connectivity index (χ0n) is 8.41. The molecule has 0 spiro atoms. The summed E-state index contributed by atoms with van der Waals surface area (Å²) in [5.41, 5.74) is 2.13. The maximum atomic E-state index is 11.0. The molecule has 1 fully saturated rings. The van der Waals surface area contributed by atoms with E-state index in [0.717, 1.165) is 32.4 Å². The number of aliphatic hydroxyl groups excluding tert-OH is 1. The first-order chi connectivity index (χ1) is 6.76. The molecule has 0 aromatic carbocycles. The Morgan fingerprint density at radius 3 is 2.93 bits per heavy atom. The minimum absolute atomic E-state index is 0.146. The van der Waals surface area contributed by atoms with Crippen LogP contribution in [0.15, 0.2) is 0 Å². The molecule has 1 aliphatic rings. The largest absolute Gasteiger partial charge is 0.396 e. The SMILES string of the molecule is NNC(=O)CN1CCCC(CO)CC1. The van der Waals surface area contributed by atoms with Crippen LogP contribution in [-0.2, 0) is 4.79 Å². The lowest BCUT2D eigenvalue weighted by Crippen LogP contribution is -2.40. The van der Waals surface area contributed by atoms with E-state index in [-0.39, 0.29) is 12.5 Å². The summed E-state index contributed by atoms with van der Waals surface area (Å²) >= 11 is 0. The van der Waals surface area contributed by atoms with E-state index in [1.807, 2.05) is 0 Å². The molecule has 1 atom stereocenters. The molecule has 0 saturated carbocycles. The normalized spacial score (nSPS) is 24.3. The van der Waals surface area contributed by atoms with E-state index in [1.54, 1.807) is 0 Å². The van der Waals surface area contributed by atoms with Gasteiger partial charge in [0.15, 0.2) is 0 Å². The number of carbonyl (C=O) groups excluding carboxylic acids is 1. The number of hydrogen-bond donors (Lipinski definition) is 3. The minimum Gasteiger partial charge on any atom is -0.396 e. The first-order valence-corrected chi connectivity index (χ1v) is 5.09. The second-order valence-corrected chi connectivity index (χ2v) is 3.82. The zero-order chi connectivity index (χ0) is 10.4. The number of likely N-dealkylation sites (tertiary alicyclic amines) is 1. The van der Waals surface area contributed by atoms with Crippen LogP contribution < -0.4 is 11.3 Å². The highest BCUT2D eigenvalue weighted by atomic mass is 16.3. The summed E-state index contributed by atoms with van der Waals surface area (Å²) in [5.74, 6) is 5.27. The van der Waals surface area contributed by atoms with Crippen molar-refractivity contribution in [2.75, 3.05) is 26.2 Å². The summed E-state index contributed by atoms with van der Waals surface area (Å²) in [5, 5.41) is 9.01. The summed E-state index contributed by atoms with van der Waals surface area (Å²) < 4.78 is 0. The Labute approximate surface area is 84.2 Å². The van der Waals surface area contributed by atoms with Crippen molar-refractivity contribution in [3.8, 4) is 0 Å². The predicted octanol–water partition coefficient (Wildman–Crippen LogP) is -0.929. The fraction of sp³-hybridized carbons (Fsp3) is 0.889. The van der Waals surface area contributed by atoms with Crippen LogP contribution in [0.2, 0.25) is 0 Å². The molecule has 0 bridgehead atoms. The first kappa shape index (κ1) is 11.4. The molecule has 1 unspecified atom stereocenters. The number of hydrazine groups is 1. The molecule has 1 rings (SSSR count). The Morgan fingerprint density at radius 2 is 2.29 bits per heavy atom. The van der Waals surface area contributed by atoms with Crippen molar-refractivity contribution < 1.29 is 9.90 Å². The number of nitrogens with zero attached hydrogens (tertiary/aromatic N) is 1. The van der Waals surface area contributed by atoms with Crippen LogP contribution in [0.25, 0.3) is 0 Å². The lowest BCUT2D eigenvalue weighted by Gasteiger charge is -2.18. The number of aliphatic hydroxyl groups is 1. The van der Waals surface area contributed by atoms with Crippen LogP contribution in [0.4, 0.5) is 0 Å². The predicted molar refractivity (Wildman–Crippen MR) is 53.2 cm³/mol. The lowest BCUT2D eigenvalue weighted by atomic mass is 10.0. The summed E-state index contributed by atoms with van der Waals surface area (Å²) in [6, 6.07) is 0. The van der Waals surface area contributed by atoms with E-state index in [9.17, 15) is 4.79 Å². The van der Waals surface area contributed by atoms with Crippen LogP contribution in [-0.4, -0.2) is 42.2 Å². The van der Waals surface area contributed by atoms with Gasteiger partial charge in [0.2, 0.25) is 5.91 Å². The number of nitrogens with one attached hydrogen (secondary N) is 1. The fourth-order valence-corrected chi connectivity index (χ4v) is 1.81. The summed E-state index contributed by atoms with van der Waals surface area (Å²) in [7, 11) is 0. The molecule has 1 saturated heterocycles. The van der Waals surface area contributed by atoms with Gasteiger partial charge in [-0.15, -0.1) is 0 Å². The van der Waals surface area contributed by atoms with Gasteiger partial charge in [-0.2, -0.15) is 0 Å². The van der Waals surface area contributed by atoms with Gasteiger partial charge in [-0.25, -0.2) is 5.84 Å². The maximum Gasteiger partial charge on any atom is 0.248 e. The van der Waals surface area contributed by atoms with E-state index < -0.39 is 0 Å². The van der Waals surface area contributed by atoms with Gasteiger partial charge >= 0.3 is 0 Å². The van der Waals surface area contributed by atoms with Crippen molar-refractivity contribution in [2.24, 2.45) is 11.8 Å². The molecule has 82 valence electrons. The van der Waals surface area contributed by atoms with E-state index in [1.165, 1.54) is 0 Å². The van der Waals surface area contributed by atoms with Crippen LogP contribution >= 0.6 is 0 Å². The third-order valence-electron chi connectivity index (χ3n) is 2.73. The molecule has 14 heavy (non-hydrogen) atoms. The average molecular weight is 201 g/mol. The molecular formula is C9H19N3O2. The highest BCUT2D eigenvalue weighted by molar-refractivity contribution is 5.77. The maximum absolute atomic E-state index is 11.0. The molecule has 1 aliphatic heterocycles. The third-order valence-corrected chi connectivity index (χ3v) is 2.73. The summed E-state index contributed by atoms with van der Waals surface area (Å²) in [6.07, 6.45) is 3.06. The van der Waals surface area contributed by atoms with Gasteiger partial charge in [-0.1, -0.05) is 0 Å². The Kier molecular flexibility index (Phi) is 4.86. The van der Waals surface area contributed by atoms with Crippen molar-refractivity contribution in [3.05, 3.63) is 0 Å². The van der Waals surface area contributed by atoms with Crippen molar-refractivity contribution in [1.82, 2.24) is 10.3 Å². The Bertz CT molecular complexity index is 187. The highest BCUT2D eigenvalue weighted by Crippen LogP contribution is 2.16. The smallest absolute Gasteiger partial charge is 0.248 e. The molecule has 0 aromatic heterocycles. The van der Waals surface area contributed by atoms with Gasteiger partial charge in [0.25, 0.3) is 0 Å². The van der Waals surface area contributed by atoms with Crippen molar-refractivity contribution in [3.63, 3.8) is 0 Å².